The third-order valence-corrected chi connectivity index (χ3v) is 7.79. The first-order valence-corrected chi connectivity index (χ1v) is 13.1. The number of benzene rings is 1. The summed E-state index contributed by atoms with van der Waals surface area (Å²) in [7, 11) is 1.65. The van der Waals surface area contributed by atoms with Gasteiger partial charge in [-0.1, -0.05) is 35.1 Å². The standard InChI is InChI=1S/C25H22ClFN8O2S/c1-37-15-7-13(32-24(36)25-29-11-21(26)38-25)6-14(8-15)35-20-9-18(22-30-12-31-34-22)28-10-19(20)33-23(35)16-4-2-3-5-17(16)27/h2-5,9-15H,6-8H2,1H3,(H,32,36)(H,30,31,34)/t13-,14+,15+/m0/s1. The fourth-order valence-corrected chi connectivity index (χ4v) is 5.84. The third-order valence-electron chi connectivity index (χ3n) is 6.68. The van der Waals surface area contributed by atoms with Crippen molar-refractivity contribution < 1.29 is 13.9 Å². The molecule has 2 N–H and O–H groups in total. The van der Waals surface area contributed by atoms with Crippen molar-refractivity contribution in [3.63, 3.8) is 0 Å². The fraction of sp³-hybridized carbons (Fsp3) is 0.280. The van der Waals surface area contributed by atoms with Gasteiger partial charge in [-0.25, -0.2) is 19.3 Å². The van der Waals surface area contributed by atoms with Gasteiger partial charge in [-0.2, -0.15) is 5.10 Å². The number of nitrogens with zero attached hydrogens (tertiary/aromatic N) is 6. The summed E-state index contributed by atoms with van der Waals surface area (Å²) in [5, 5.41) is 10.2. The number of halogens is 2. The van der Waals surface area contributed by atoms with Gasteiger partial charge in [0.25, 0.3) is 5.91 Å². The maximum Gasteiger partial charge on any atom is 0.280 e. The minimum Gasteiger partial charge on any atom is -0.381 e. The van der Waals surface area contributed by atoms with E-state index in [4.69, 9.17) is 21.3 Å². The number of imidazole rings is 1. The maximum absolute atomic E-state index is 15.0. The molecule has 38 heavy (non-hydrogen) atoms. The molecule has 1 amide bonds. The number of ether oxygens (including phenoxy) is 1. The Morgan fingerprint density at radius 1 is 1.21 bits per heavy atom. The minimum atomic E-state index is -0.379. The SMILES string of the molecule is CO[C@@H]1C[C@@H](NC(=O)c2ncc(Cl)s2)C[C@@H](n2c(-c3ccccc3F)nc3cnc(-c4nc[nH]n4)cc32)C1. The quantitative estimate of drug-likeness (QED) is 0.314. The van der Waals surface area contributed by atoms with Gasteiger partial charge in [0.15, 0.2) is 10.8 Å². The number of carbonyl (C=O) groups excluding carboxylic acids is 1. The Morgan fingerprint density at radius 3 is 2.82 bits per heavy atom. The second kappa shape index (κ2) is 10.2. The Hall–Kier alpha value is -3.74. The molecule has 0 radical (unpaired) electrons. The predicted octanol–water partition coefficient (Wildman–Crippen LogP) is 4.67. The molecule has 1 fully saturated rings. The van der Waals surface area contributed by atoms with Crippen LogP contribution in [0.25, 0.3) is 33.9 Å². The summed E-state index contributed by atoms with van der Waals surface area (Å²) in [6.07, 6.45) is 6.30. The first-order chi connectivity index (χ1) is 18.5. The van der Waals surface area contributed by atoms with E-state index in [1.54, 1.807) is 31.5 Å². The molecule has 13 heteroatoms. The highest BCUT2D eigenvalue weighted by Crippen LogP contribution is 2.38. The number of aromatic amines is 1. The Bertz CT molecular complexity index is 1600. The molecule has 5 aromatic rings. The van der Waals surface area contributed by atoms with Gasteiger partial charge in [-0.3, -0.25) is 14.9 Å². The molecule has 0 spiro atoms. The lowest BCUT2D eigenvalue weighted by molar-refractivity contribution is 0.0398. The van der Waals surface area contributed by atoms with E-state index in [1.165, 1.54) is 18.6 Å². The second-order valence-electron chi connectivity index (χ2n) is 9.02. The smallest absolute Gasteiger partial charge is 0.280 e. The van der Waals surface area contributed by atoms with E-state index < -0.39 is 0 Å². The van der Waals surface area contributed by atoms with Gasteiger partial charge in [-0.05, 0) is 37.5 Å². The molecule has 1 aliphatic rings. The second-order valence-corrected chi connectivity index (χ2v) is 10.7. The third kappa shape index (κ3) is 4.66. The summed E-state index contributed by atoms with van der Waals surface area (Å²) in [5.41, 5.74) is 2.31. The molecular weight excluding hydrogens is 531 g/mol. The lowest BCUT2D eigenvalue weighted by Gasteiger charge is -2.36. The zero-order chi connectivity index (χ0) is 26.2. The van der Waals surface area contributed by atoms with Crippen LogP contribution in [0.15, 0.2) is 49.1 Å². The molecule has 10 nitrogen and oxygen atoms in total. The molecule has 6 rings (SSSR count). The van der Waals surface area contributed by atoms with Crippen LogP contribution >= 0.6 is 22.9 Å². The van der Waals surface area contributed by atoms with E-state index in [1.807, 2.05) is 10.6 Å². The topological polar surface area (TPSA) is 123 Å². The number of rotatable bonds is 6. The van der Waals surface area contributed by atoms with Crippen molar-refractivity contribution in [2.24, 2.45) is 0 Å². The highest BCUT2D eigenvalue weighted by molar-refractivity contribution is 7.17. The highest BCUT2D eigenvalue weighted by atomic mass is 35.5. The maximum atomic E-state index is 15.0. The van der Waals surface area contributed by atoms with Gasteiger partial charge in [0.2, 0.25) is 0 Å². The zero-order valence-corrected chi connectivity index (χ0v) is 21.7. The monoisotopic (exact) mass is 552 g/mol. The predicted molar refractivity (Wildman–Crippen MR) is 140 cm³/mol. The number of pyridine rings is 1. The van der Waals surface area contributed by atoms with Gasteiger partial charge in [0.05, 0.1) is 29.6 Å². The zero-order valence-electron chi connectivity index (χ0n) is 20.1. The first-order valence-electron chi connectivity index (χ1n) is 11.9. The summed E-state index contributed by atoms with van der Waals surface area (Å²) in [6.45, 7) is 0. The Kier molecular flexibility index (Phi) is 6.60. The Labute approximate surface area is 225 Å². The number of hydrogen-bond donors (Lipinski definition) is 2. The largest absolute Gasteiger partial charge is 0.381 e. The number of H-pyrrole nitrogens is 1. The molecule has 4 aromatic heterocycles. The van der Waals surface area contributed by atoms with E-state index >= 15 is 4.39 Å². The molecule has 0 aliphatic heterocycles. The lowest BCUT2D eigenvalue weighted by atomic mass is 9.88. The van der Waals surface area contributed by atoms with E-state index in [2.05, 4.69) is 30.5 Å². The number of methoxy groups -OCH3 is 1. The summed E-state index contributed by atoms with van der Waals surface area (Å²) in [5.74, 6) is 0.252. The molecule has 0 unspecified atom stereocenters. The van der Waals surface area contributed by atoms with Crippen LogP contribution in [0.4, 0.5) is 4.39 Å². The van der Waals surface area contributed by atoms with E-state index in [0.29, 0.717) is 57.0 Å². The van der Waals surface area contributed by atoms with Crippen LogP contribution in [0.2, 0.25) is 4.34 Å². The normalized spacial score (nSPS) is 19.6. The first kappa shape index (κ1) is 24.6. The average molecular weight is 553 g/mol. The van der Waals surface area contributed by atoms with Crippen LogP contribution in [0, 0.1) is 5.82 Å². The van der Waals surface area contributed by atoms with Crippen molar-refractivity contribution in [1.82, 2.24) is 40.0 Å². The highest BCUT2D eigenvalue weighted by Gasteiger charge is 2.34. The van der Waals surface area contributed by atoms with E-state index in [-0.39, 0.29) is 29.9 Å². The Morgan fingerprint density at radius 2 is 2.08 bits per heavy atom. The van der Waals surface area contributed by atoms with Gasteiger partial charge in [0.1, 0.15) is 33.5 Å². The number of hydrogen-bond acceptors (Lipinski definition) is 8. The lowest BCUT2D eigenvalue weighted by Crippen LogP contribution is -2.43. The molecular formula is C25H22ClFN8O2S. The molecule has 4 heterocycles. The molecule has 0 saturated heterocycles. The molecule has 1 saturated carbocycles. The van der Waals surface area contributed by atoms with Crippen LogP contribution < -0.4 is 5.32 Å². The summed E-state index contributed by atoms with van der Waals surface area (Å²) >= 11 is 7.10. The van der Waals surface area contributed by atoms with Crippen LogP contribution in [-0.2, 0) is 4.74 Å². The van der Waals surface area contributed by atoms with Gasteiger partial charge < -0.3 is 14.6 Å². The van der Waals surface area contributed by atoms with Crippen molar-refractivity contribution in [2.45, 2.75) is 37.5 Å². The summed E-state index contributed by atoms with van der Waals surface area (Å²) < 4.78 is 23.3. The van der Waals surface area contributed by atoms with Crippen molar-refractivity contribution in [1.29, 1.82) is 0 Å². The number of amides is 1. The van der Waals surface area contributed by atoms with Crippen molar-refractivity contribution in [3.05, 3.63) is 64.2 Å². The molecule has 0 bridgehead atoms. The number of fused-ring (bicyclic) bond motifs is 1. The Balaban J connectivity index is 1.43. The number of aromatic nitrogens is 7. The van der Waals surface area contributed by atoms with E-state index in [9.17, 15) is 4.79 Å². The minimum absolute atomic E-state index is 0.140. The number of nitrogens with one attached hydrogen (secondary N) is 2. The molecule has 1 aromatic carbocycles. The van der Waals surface area contributed by atoms with Gasteiger partial charge in [-0.15, -0.1) is 0 Å². The van der Waals surface area contributed by atoms with Crippen molar-refractivity contribution >= 4 is 39.9 Å². The molecule has 1 aliphatic carbocycles. The summed E-state index contributed by atoms with van der Waals surface area (Å²) in [6, 6.07) is 8.02. The van der Waals surface area contributed by atoms with Crippen molar-refractivity contribution in [2.75, 3.05) is 7.11 Å². The van der Waals surface area contributed by atoms with Crippen LogP contribution in [-0.4, -0.2) is 59.9 Å². The fourth-order valence-electron chi connectivity index (χ4n) is 5.02. The van der Waals surface area contributed by atoms with Crippen LogP contribution in [0.3, 0.4) is 0 Å². The van der Waals surface area contributed by atoms with Crippen LogP contribution in [0.5, 0.6) is 0 Å². The van der Waals surface area contributed by atoms with Crippen LogP contribution in [0.1, 0.15) is 35.1 Å². The molecule has 194 valence electrons. The molecule has 3 atom stereocenters. The van der Waals surface area contributed by atoms with Gasteiger partial charge in [0, 0.05) is 19.2 Å². The summed E-state index contributed by atoms with van der Waals surface area (Å²) in [4.78, 5) is 30.4. The van der Waals surface area contributed by atoms with E-state index in [0.717, 1.165) is 16.9 Å². The van der Waals surface area contributed by atoms with Crippen molar-refractivity contribution in [3.8, 4) is 22.9 Å². The average Bonchev–Trinajstić information content (AvgIpc) is 3.68. The number of thiazole rings is 1. The van der Waals surface area contributed by atoms with Gasteiger partial charge >= 0.3 is 0 Å². The number of carbonyl (C=O) groups is 1.